The minimum absolute atomic E-state index is 0.192. The zero-order chi connectivity index (χ0) is 27.3. The smallest absolute Gasteiger partial charge is 0.258 e. The first kappa shape index (κ1) is 29.5. The second kappa shape index (κ2) is 15.9. The number of carbonyl (C=O) groups is 2. The molecule has 1 aromatic carbocycles. The Hall–Kier alpha value is -2.52. The molecular formula is C30H44N4O4S. The summed E-state index contributed by atoms with van der Waals surface area (Å²) in [5.41, 5.74) is 0.747. The van der Waals surface area contributed by atoms with Gasteiger partial charge in [0.1, 0.15) is 11.8 Å². The molecule has 1 unspecified atom stereocenters. The van der Waals surface area contributed by atoms with E-state index < -0.39 is 12.1 Å². The highest BCUT2D eigenvalue weighted by molar-refractivity contribution is 7.99. The normalized spacial score (nSPS) is 19.1. The Kier molecular flexibility index (Phi) is 12.0. The molecule has 2 aliphatic rings. The number of carbonyl (C=O) groups excluding carboxylic acids is 2. The summed E-state index contributed by atoms with van der Waals surface area (Å²) in [6.45, 7) is -0.192. The number of nitrogens with zero attached hydrogens (tertiary/aromatic N) is 1. The van der Waals surface area contributed by atoms with Gasteiger partial charge in [-0.25, -0.2) is 4.98 Å². The summed E-state index contributed by atoms with van der Waals surface area (Å²) < 4.78 is 5.59. The molecule has 0 saturated heterocycles. The van der Waals surface area contributed by atoms with Crippen LogP contribution in [0.15, 0.2) is 42.9 Å². The van der Waals surface area contributed by atoms with E-state index in [4.69, 9.17) is 4.74 Å². The molecule has 1 heterocycles. The molecule has 9 heteroatoms. The van der Waals surface area contributed by atoms with Gasteiger partial charge in [0.2, 0.25) is 5.91 Å². The summed E-state index contributed by atoms with van der Waals surface area (Å²) in [7, 11) is 0. The van der Waals surface area contributed by atoms with E-state index in [-0.39, 0.29) is 30.9 Å². The summed E-state index contributed by atoms with van der Waals surface area (Å²) in [5.74, 6) is 1.03. The van der Waals surface area contributed by atoms with Crippen LogP contribution in [-0.2, 0) is 16.0 Å². The minimum Gasteiger partial charge on any atom is -0.484 e. The minimum atomic E-state index is -0.815. The number of aromatic nitrogens is 2. The number of hydrogen-bond donors (Lipinski definition) is 4. The molecule has 8 nitrogen and oxygen atoms in total. The van der Waals surface area contributed by atoms with Crippen molar-refractivity contribution in [2.45, 2.75) is 100 Å². The zero-order valence-electron chi connectivity index (χ0n) is 22.9. The van der Waals surface area contributed by atoms with Gasteiger partial charge in [-0.2, -0.15) is 11.8 Å². The number of aliphatic hydroxyl groups is 1. The molecule has 0 spiro atoms. The summed E-state index contributed by atoms with van der Waals surface area (Å²) in [6, 6.07) is 7.96. The summed E-state index contributed by atoms with van der Waals surface area (Å²) in [4.78, 5) is 33.5. The van der Waals surface area contributed by atoms with Crippen LogP contribution in [0.2, 0.25) is 0 Å². The molecule has 39 heavy (non-hydrogen) atoms. The second-order valence-corrected chi connectivity index (χ2v) is 12.4. The topological polar surface area (TPSA) is 116 Å². The summed E-state index contributed by atoms with van der Waals surface area (Å²) in [6.07, 6.45) is 15.8. The average molecular weight is 557 g/mol. The molecule has 0 radical (unpaired) electrons. The Morgan fingerprint density at radius 1 is 1.03 bits per heavy atom. The Morgan fingerprint density at radius 3 is 2.44 bits per heavy atom. The molecule has 2 amide bonds. The zero-order valence-corrected chi connectivity index (χ0v) is 23.7. The van der Waals surface area contributed by atoms with Crippen molar-refractivity contribution in [2.24, 2.45) is 5.92 Å². The van der Waals surface area contributed by atoms with Crippen LogP contribution in [0.1, 0.15) is 76.3 Å². The van der Waals surface area contributed by atoms with E-state index in [1.54, 1.807) is 24.7 Å². The molecule has 4 N–H and O–H groups in total. The lowest BCUT2D eigenvalue weighted by atomic mass is 9.84. The van der Waals surface area contributed by atoms with Crippen molar-refractivity contribution in [3.8, 4) is 5.75 Å². The monoisotopic (exact) mass is 556 g/mol. The van der Waals surface area contributed by atoms with Gasteiger partial charge in [0.25, 0.3) is 5.91 Å². The number of imidazole rings is 1. The lowest BCUT2D eigenvalue weighted by Gasteiger charge is -2.32. The third-order valence-electron chi connectivity index (χ3n) is 7.90. The van der Waals surface area contributed by atoms with Crippen LogP contribution in [0.4, 0.5) is 0 Å². The fourth-order valence-corrected chi connectivity index (χ4v) is 7.06. The second-order valence-electron chi connectivity index (χ2n) is 11.0. The fourth-order valence-electron chi connectivity index (χ4n) is 5.69. The maximum atomic E-state index is 13.6. The molecule has 214 valence electrons. The molecule has 2 fully saturated rings. The number of H-pyrrole nitrogens is 1. The Morgan fingerprint density at radius 2 is 1.74 bits per heavy atom. The molecule has 2 aromatic rings. The summed E-state index contributed by atoms with van der Waals surface area (Å²) in [5, 5.41) is 17.9. The molecule has 1 aromatic heterocycles. The predicted molar refractivity (Wildman–Crippen MR) is 155 cm³/mol. The van der Waals surface area contributed by atoms with Crippen molar-refractivity contribution in [1.29, 1.82) is 0 Å². The van der Waals surface area contributed by atoms with Crippen molar-refractivity contribution in [1.82, 2.24) is 20.6 Å². The van der Waals surface area contributed by atoms with Crippen molar-refractivity contribution < 1.29 is 19.4 Å². The van der Waals surface area contributed by atoms with E-state index in [9.17, 15) is 14.7 Å². The number of rotatable bonds is 14. The van der Waals surface area contributed by atoms with E-state index in [2.05, 4.69) is 20.6 Å². The Bertz CT molecular complexity index is 978. The Balaban J connectivity index is 1.39. The molecule has 0 aliphatic heterocycles. The van der Waals surface area contributed by atoms with Crippen LogP contribution < -0.4 is 15.4 Å². The van der Waals surface area contributed by atoms with E-state index in [0.717, 1.165) is 25.0 Å². The van der Waals surface area contributed by atoms with E-state index in [0.29, 0.717) is 22.7 Å². The largest absolute Gasteiger partial charge is 0.484 e. The molecule has 4 rings (SSSR count). The molecule has 2 saturated carbocycles. The van der Waals surface area contributed by atoms with Crippen molar-refractivity contribution in [2.75, 3.05) is 12.4 Å². The van der Waals surface area contributed by atoms with Gasteiger partial charge >= 0.3 is 0 Å². The number of aliphatic hydroxyl groups excluding tert-OH is 1. The molecular weight excluding hydrogens is 512 g/mol. The highest BCUT2D eigenvalue weighted by Gasteiger charge is 2.30. The number of benzene rings is 1. The molecule has 3 atom stereocenters. The van der Waals surface area contributed by atoms with Gasteiger partial charge in [0.15, 0.2) is 6.61 Å². The lowest BCUT2D eigenvalue weighted by molar-refractivity contribution is -0.130. The maximum Gasteiger partial charge on any atom is 0.258 e. The van der Waals surface area contributed by atoms with Crippen molar-refractivity contribution >= 4 is 23.6 Å². The van der Waals surface area contributed by atoms with E-state index in [1.807, 2.05) is 30.0 Å². The highest BCUT2D eigenvalue weighted by atomic mass is 32.2. The fraction of sp³-hybridized carbons (Fsp3) is 0.633. The first-order valence-corrected chi connectivity index (χ1v) is 15.7. The van der Waals surface area contributed by atoms with Crippen LogP contribution >= 0.6 is 11.8 Å². The number of hydrogen-bond acceptors (Lipinski definition) is 6. The number of aromatic amines is 1. The standard InChI is InChI=1S/C30H44N4O4S/c35-28(20-39-25-14-8-3-9-15-25)26(16-22-10-4-1-5-11-22)34-30(37)27(17-23-18-31-21-32-23)33-29(36)19-38-24-12-6-2-7-13-24/h2,6-7,12-13,18,21-22,25-28,35H,1,3-5,8-11,14-17,19-20H2,(H,31,32)(H,33,36)(H,34,37)/t26-,27?,28-/m0/s1. The van der Waals surface area contributed by atoms with Crippen LogP contribution in [0.5, 0.6) is 5.75 Å². The van der Waals surface area contributed by atoms with Crippen molar-refractivity contribution in [3.63, 3.8) is 0 Å². The van der Waals surface area contributed by atoms with E-state index >= 15 is 0 Å². The predicted octanol–water partition coefficient (Wildman–Crippen LogP) is 4.40. The van der Waals surface area contributed by atoms with Crippen LogP contribution in [-0.4, -0.2) is 62.7 Å². The number of thioether (sulfide) groups is 1. The van der Waals surface area contributed by atoms with Crippen molar-refractivity contribution in [3.05, 3.63) is 48.5 Å². The first-order valence-electron chi connectivity index (χ1n) is 14.6. The number of ether oxygens (including phenoxy) is 1. The number of para-hydroxylation sites is 1. The van der Waals surface area contributed by atoms with Crippen LogP contribution in [0, 0.1) is 5.92 Å². The van der Waals surface area contributed by atoms with Gasteiger partial charge in [0.05, 0.1) is 18.5 Å². The van der Waals surface area contributed by atoms with Gasteiger partial charge in [0, 0.05) is 29.3 Å². The number of amides is 2. The van der Waals surface area contributed by atoms with Crippen LogP contribution in [0.3, 0.4) is 0 Å². The molecule has 0 bridgehead atoms. The SMILES string of the molecule is O=C(COc1ccccc1)NC(Cc1cnc[nH]1)C(=O)N[C@@H](CC1CCCCC1)[C@@H](O)CSC1CCCCC1. The Labute approximate surface area is 236 Å². The highest BCUT2D eigenvalue weighted by Crippen LogP contribution is 2.31. The van der Waals surface area contributed by atoms with E-state index in [1.165, 1.54) is 51.4 Å². The first-order chi connectivity index (χ1) is 19.1. The third-order valence-corrected chi connectivity index (χ3v) is 9.38. The van der Waals surface area contributed by atoms with Gasteiger partial charge in [-0.3, -0.25) is 9.59 Å². The van der Waals surface area contributed by atoms with Gasteiger partial charge in [-0.15, -0.1) is 0 Å². The molecule has 2 aliphatic carbocycles. The van der Waals surface area contributed by atoms with Gasteiger partial charge in [-0.1, -0.05) is 69.6 Å². The number of nitrogens with one attached hydrogen (secondary N) is 3. The summed E-state index contributed by atoms with van der Waals surface area (Å²) >= 11 is 1.85. The third kappa shape index (κ3) is 10.2. The average Bonchev–Trinajstić information content (AvgIpc) is 3.49. The quantitative estimate of drug-likeness (QED) is 0.274. The van der Waals surface area contributed by atoms with Crippen LogP contribution in [0.25, 0.3) is 0 Å². The van der Waals surface area contributed by atoms with Gasteiger partial charge in [-0.05, 0) is 37.3 Å². The lowest BCUT2D eigenvalue weighted by Crippen LogP contribution is -2.54. The maximum absolute atomic E-state index is 13.6. The van der Waals surface area contributed by atoms with Gasteiger partial charge < -0.3 is 25.5 Å².